The highest BCUT2D eigenvalue weighted by Gasteiger charge is 2.44. The van der Waals surface area contributed by atoms with E-state index in [0.29, 0.717) is 36.0 Å². The molecular weight excluding hydrogens is 532 g/mol. The van der Waals surface area contributed by atoms with Crippen LogP contribution in [0.3, 0.4) is 0 Å². The maximum absolute atomic E-state index is 12.8. The summed E-state index contributed by atoms with van der Waals surface area (Å²) in [4.78, 5) is 25.0. The summed E-state index contributed by atoms with van der Waals surface area (Å²) in [7, 11) is 3.89. The number of nitrogens with zero attached hydrogens (tertiary/aromatic N) is 4. The number of fused-ring (bicyclic) bond motifs is 2. The molecule has 4 heterocycles. The number of hydrogen-bond acceptors (Lipinski definition) is 8. The molecule has 0 bridgehead atoms. The third kappa shape index (κ3) is 4.90. The van der Waals surface area contributed by atoms with Gasteiger partial charge in [0.05, 0.1) is 37.1 Å². The van der Waals surface area contributed by atoms with E-state index in [1.165, 1.54) is 0 Å². The first-order chi connectivity index (χ1) is 20.4. The molecule has 9 heteroatoms. The van der Waals surface area contributed by atoms with E-state index in [2.05, 4.69) is 11.9 Å². The van der Waals surface area contributed by atoms with Crippen LogP contribution in [0, 0.1) is 0 Å². The SMILES string of the molecule is CN1CCC(Oc2nc(C(CO)(OC3CC3)c3ccccc3)c3cc(-c4cn(C)c(=O)c5c4COC5)ccc3n2)CC1. The van der Waals surface area contributed by atoms with Gasteiger partial charge < -0.3 is 28.8 Å². The van der Waals surface area contributed by atoms with Crippen LogP contribution in [-0.4, -0.2) is 63.5 Å². The zero-order valence-corrected chi connectivity index (χ0v) is 24.1. The summed E-state index contributed by atoms with van der Waals surface area (Å²) < 4.78 is 20.4. The highest BCUT2D eigenvalue weighted by molar-refractivity contribution is 5.88. The minimum absolute atomic E-state index is 0.0172. The number of benzene rings is 2. The van der Waals surface area contributed by atoms with Crippen molar-refractivity contribution in [2.75, 3.05) is 26.7 Å². The summed E-state index contributed by atoms with van der Waals surface area (Å²) in [5.74, 6) is 0. The first-order valence-corrected chi connectivity index (χ1v) is 14.8. The molecule has 1 saturated heterocycles. The van der Waals surface area contributed by atoms with Gasteiger partial charge in [-0.15, -0.1) is 0 Å². The molecule has 2 aromatic carbocycles. The van der Waals surface area contributed by atoms with Crippen molar-refractivity contribution in [2.45, 2.75) is 56.7 Å². The van der Waals surface area contributed by atoms with E-state index < -0.39 is 5.60 Å². The molecule has 218 valence electrons. The predicted molar refractivity (Wildman–Crippen MR) is 158 cm³/mol. The quantitative estimate of drug-likeness (QED) is 0.342. The van der Waals surface area contributed by atoms with Crippen molar-refractivity contribution < 1.29 is 19.3 Å². The van der Waals surface area contributed by atoms with E-state index >= 15 is 0 Å². The molecule has 42 heavy (non-hydrogen) atoms. The normalized spacial score (nSPS) is 19.1. The van der Waals surface area contributed by atoms with Crippen LogP contribution in [-0.2, 0) is 35.3 Å². The minimum atomic E-state index is -1.21. The fraction of sp³-hybridized carbons (Fsp3) is 0.424. The average molecular weight is 569 g/mol. The van der Waals surface area contributed by atoms with Gasteiger partial charge in [-0.05, 0) is 61.6 Å². The summed E-state index contributed by atoms with van der Waals surface area (Å²) >= 11 is 0. The van der Waals surface area contributed by atoms with Gasteiger partial charge in [0.25, 0.3) is 5.56 Å². The molecule has 0 radical (unpaired) electrons. The molecule has 9 nitrogen and oxygen atoms in total. The zero-order valence-electron chi connectivity index (χ0n) is 24.1. The van der Waals surface area contributed by atoms with Gasteiger partial charge in [-0.2, -0.15) is 9.97 Å². The molecule has 1 unspecified atom stereocenters. The lowest BCUT2D eigenvalue weighted by atomic mass is 9.87. The monoisotopic (exact) mass is 568 g/mol. The van der Waals surface area contributed by atoms with Crippen molar-refractivity contribution in [3.63, 3.8) is 0 Å². The van der Waals surface area contributed by atoms with Gasteiger partial charge in [-0.1, -0.05) is 36.4 Å². The molecule has 1 aliphatic carbocycles. The van der Waals surface area contributed by atoms with Crippen molar-refractivity contribution in [3.8, 4) is 17.1 Å². The van der Waals surface area contributed by atoms with E-state index in [1.807, 2.05) is 54.7 Å². The minimum Gasteiger partial charge on any atom is -0.460 e. The van der Waals surface area contributed by atoms with Crippen LogP contribution in [0.2, 0.25) is 0 Å². The molecule has 2 aliphatic heterocycles. The van der Waals surface area contributed by atoms with Gasteiger partial charge >= 0.3 is 6.01 Å². The Morgan fingerprint density at radius 2 is 1.74 bits per heavy atom. The number of pyridine rings is 1. The molecule has 0 amide bonds. The Hall–Kier alpha value is -3.63. The van der Waals surface area contributed by atoms with Gasteiger partial charge in [-0.3, -0.25) is 4.79 Å². The molecule has 1 N–H and O–H groups in total. The van der Waals surface area contributed by atoms with Crippen LogP contribution in [0.5, 0.6) is 6.01 Å². The van der Waals surface area contributed by atoms with E-state index in [-0.39, 0.29) is 24.4 Å². The van der Waals surface area contributed by atoms with E-state index in [4.69, 9.17) is 24.2 Å². The van der Waals surface area contributed by atoms with Crippen molar-refractivity contribution in [1.82, 2.24) is 19.4 Å². The fourth-order valence-corrected chi connectivity index (χ4v) is 6.18. The number of likely N-dealkylation sites (tertiary alicyclic amines) is 1. The third-order valence-corrected chi connectivity index (χ3v) is 8.74. The zero-order chi connectivity index (χ0) is 28.8. The summed E-state index contributed by atoms with van der Waals surface area (Å²) in [5.41, 5.74) is 4.32. The highest BCUT2D eigenvalue weighted by atomic mass is 16.5. The molecule has 7 rings (SSSR count). The van der Waals surface area contributed by atoms with Crippen LogP contribution in [0.25, 0.3) is 22.0 Å². The van der Waals surface area contributed by atoms with Gasteiger partial charge in [0.15, 0.2) is 5.60 Å². The fourth-order valence-electron chi connectivity index (χ4n) is 6.18. The molecule has 2 aromatic heterocycles. The summed E-state index contributed by atoms with van der Waals surface area (Å²) in [6, 6.07) is 16.1. The van der Waals surface area contributed by atoms with Crippen molar-refractivity contribution in [2.24, 2.45) is 7.05 Å². The molecular formula is C33H36N4O5. The lowest BCUT2D eigenvalue weighted by Crippen LogP contribution is -2.38. The Bertz CT molecular complexity index is 1680. The summed E-state index contributed by atoms with van der Waals surface area (Å²) in [6.07, 6.45) is 5.59. The predicted octanol–water partition coefficient (Wildman–Crippen LogP) is 3.91. The largest absolute Gasteiger partial charge is 0.460 e. The number of aliphatic hydroxyl groups excluding tert-OH is 1. The second kappa shape index (κ2) is 10.9. The maximum Gasteiger partial charge on any atom is 0.317 e. The second-order valence-corrected chi connectivity index (χ2v) is 11.8. The van der Waals surface area contributed by atoms with Crippen LogP contribution < -0.4 is 10.3 Å². The smallest absolute Gasteiger partial charge is 0.317 e. The Labute approximate surface area is 244 Å². The van der Waals surface area contributed by atoms with Gasteiger partial charge in [-0.25, -0.2) is 0 Å². The van der Waals surface area contributed by atoms with Crippen molar-refractivity contribution >= 4 is 10.9 Å². The molecule has 1 atom stereocenters. The van der Waals surface area contributed by atoms with Crippen molar-refractivity contribution in [1.29, 1.82) is 0 Å². The Kier molecular flexibility index (Phi) is 7.06. The molecule has 1 saturated carbocycles. The van der Waals surface area contributed by atoms with Gasteiger partial charge in [0.1, 0.15) is 6.10 Å². The Balaban J connectivity index is 1.43. The van der Waals surface area contributed by atoms with Crippen LogP contribution in [0.4, 0.5) is 0 Å². The molecule has 2 fully saturated rings. The Morgan fingerprint density at radius 3 is 2.48 bits per heavy atom. The first kappa shape index (κ1) is 27.2. The van der Waals surface area contributed by atoms with Crippen molar-refractivity contribution in [3.05, 3.63) is 87.5 Å². The lowest BCUT2D eigenvalue weighted by Gasteiger charge is -2.34. The highest BCUT2D eigenvalue weighted by Crippen LogP contribution is 2.43. The number of ether oxygens (including phenoxy) is 3. The van der Waals surface area contributed by atoms with E-state index in [9.17, 15) is 9.90 Å². The standard InChI is InChI=1S/C33H36N4O5/c1-36-14-12-23(13-15-36)41-32-34-29-11-8-21(26-17-37(2)31(39)28-19-40-18-27(26)28)16-25(29)30(35-32)33(20-38,42-24-9-10-24)22-6-4-3-5-7-22/h3-8,11,16-17,23-24,38H,9-10,12-15,18-20H2,1-2H3. The number of aliphatic hydroxyl groups is 1. The van der Waals surface area contributed by atoms with Gasteiger partial charge in [0.2, 0.25) is 0 Å². The second-order valence-electron chi connectivity index (χ2n) is 11.8. The van der Waals surface area contributed by atoms with E-state index in [1.54, 1.807) is 11.6 Å². The topological polar surface area (TPSA) is 98.9 Å². The van der Waals surface area contributed by atoms with E-state index in [0.717, 1.165) is 66.4 Å². The summed E-state index contributed by atoms with van der Waals surface area (Å²) in [5, 5.41) is 11.9. The number of piperidine rings is 1. The molecule has 4 aromatic rings. The van der Waals surface area contributed by atoms with Crippen LogP contribution in [0.15, 0.2) is 59.5 Å². The first-order valence-electron chi connectivity index (χ1n) is 14.8. The number of rotatable bonds is 8. The molecule has 0 spiro atoms. The lowest BCUT2D eigenvalue weighted by molar-refractivity contribution is -0.0676. The number of aromatic nitrogens is 3. The number of aryl methyl sites for hydroxylation is 1. The summed E-state index contributed by atoms with van der Waals surface area (Å²) in [6.45, 7) is 2.32. The Morgan fingerprint density at radius 1 is 0.976 bits per heavy atom. The molecule has 3 aliphatic rings. The average Bonchev–Trinajstić information content (AvgIpc) is 3.70. The van der Waals surface area contributed by atoms with Crippen LogP contribution >= 0.6 is 0 Å². The van der Waals surface area contributed by atoms with Gasteiger partial charge in [0, 0.05) is 42.8 Å². The third-order valence-electron chi connectivity index (χ3n) is 8.74. The number of hydrogen-bond donors (Lipinski definition) is 1. The van der Waals surface area contributed by atoms with Crippen LogP contribution in [0.1, 0.15) is 48.1 Å². The maximum atomic E-state index is 12.8.